The van der Waals surface area contributed by atoms with Crippen LogP contribution in [0.1, 0.15) is 5.56 Å². The molecule has 3 aromatic carbocycles. The summed E-state index contributed by atoms with van der Waals surface area (Å²) in [6, 6.07) is 23.3. The van der Waals surface area contributed by atoms with Crippen LogP contribution in [0.3, 0.4) is 0 Å². The molecule has 0 spiro atoms. The van der Waals surface area contributed by atoms with E-state index in [1.165, 1.54) is 17.8 Å². The van der Waals surface area contributed by atoms with Gasteiger partial charge in [0.2, 0.25) is 0 Å². The first-order chi connectivity index (χ1) is 11.5. The molecule has 0 aliphatic carbocycles. The van der Waals surface area contributed by atoms with E-state index in [0.29, 0.717) is 5.69 Å². The minimum absolute atomic E-state index is 0.508. The molecule has 1 nitrogen and oxygen atoms in total. The number of nitrogens with one attached hydrogen (secondary N) is 1. The van der Waals surface area contributed by atoms with Crippen LogP contribution in [0.25, 0.3) is 0 Å². The Balaban J connectivity index is 0.000000238. The molecule has 1 heterocycles. The fourth-order valence-corrected chi connectivity index (χ4v) is 3.17. The molecule has 24 heavy (non-hydrogen) atoms. The van der Waals surface area contributed by atoms with Gasteiger partial charge in [0.25, 0.3) is 0 Å². The zero-order chi connectivity index (χ0) is 17.0. The molecular weight excluding hydrogens is 331 g/mol. The normalized spacial score (nSPS) is 12.1. The van der Waals surface area contributed by atoms with E-state index in [0.717, 1.165) is 27.6 Å². The average molecular weight is 345 g/mol. The smallest absolute Gasteiger partial charge is 0.354 e. The van der Waals surface area contributed by atoms with Crippen molar-refractivity contribution in [1.29, 1.82) is 0 Å². The van der Waals surface area contributed by atoms with Crippen LogP contribution in [0.4, 0.5) is 24.5 Å². The standard InChI is InChI=1S/C13H8F3NS.C6H6/c14-13(15,16)8-5-6-12-10(7-8)17-9-3-1-2-4-11(9)18-12;1-2-4-6-5-3-1/h1-7,17H;1-6H. The number of hydrogen-bond donors (Lipinski definition) is 1. The number of benzene rings is 3. The largest absolute Gasteiger partial charge is 0.416 e. The first-order valence-electron chi connectivity index (χ1n) is 7.29. The van der Waals surface area contributed by atoms with Gasteiger partial charge in [-0.25, -0.2) is 0 Å². The summed E-state index contributed by atoms with van der Waals surface area (Å²) < 4.78 is 37.9. The van der Waals surface area contributed by atoms with E-state index in [2.05, 4.69) is 5.32 Å². The Morgan fingerprint density at radius 3 is 1.88 bits per heavy atom. The van der Waals surface area contributed by atoms with Gasteiger partial charge in [-0.15, -0.1) is 0 Å². The zero-order valence-electron chi connectivity index (χ0n) is 12.5. The molecule has 0 atom stereocenters. The Morgan fingerprint density at radius 1 is 0.667 bits per heavy atom. The maximum Gasteiger partial charge on any atom is 0.416 e. The van der Waals surface area contributed by atoms with E-state index >= 15 is 0 Å². The number of halogens is 3. The van der Waals surface area contributed by atoms with Crippen molar-refractivity contribution >= 4 is 23.1 Å². The molecule has 0 amide bonds. The zero-order valence-corrected chi connectivity index (χ0v) is 13.4. The first kappa shape index (κ1) is 16.5. The van der Waals surface area contributed by atoms with Gasteiger partial charge in [0, 0.05) is 9.79 Å². The molecule has 0 unspecified atom stereocenters. The number of fused-ring (bicyclic) bond motifs is 2. The summed E-state index contributed by atoms with van der Waals surface area (Å²) in [6.07, 6.45) is -4.31. The van der Waals surface area contributed by atoms with Crippen molar-refractivity contribution in [3.63, 3.8) is 0 Å². The minimum Gasteiger partial charge on any atom is -0.354 e. The molecule has 0 bridgehead atoms. The topological polar surface area (TPSA) is 12.0 Å². The molecule has 5 heteroatoms. The van der Waals surface area contributed by atoms with Gasteiger partial charge in [0.1, 0.15) is 0 Å². The summed E-state index contributed by atoms with van der Waals surface area (Å²) in [7, 11) is 0. The second-order valence-corrected chi connectivity index (χ2v) is 6.17. The number of rotatable bonds is 0. The highest BCUT2D eigenvalue weighted by atomic mass is 32.2. The van der Waals surface area contributed by atoms with E-state index in [4.69, 9.17) is 0 Å². The summed E-state index contributed by atoms with van der Waals surface area (Å²) in [5.74, 6) is 0. The van der Waals surface area contributed by atoms with E-state index in [1.807, 2.05) is 60.7 Å². The molecule has 4 rings (SSSR count). The van der Waals surface area contributed by atoms with Gasteiger partial charge in [-0.2, -0.15) is 13.2 Å². The van der Waals surface area contributed by atoms with Crippen LogP contribution in [0.15, 0.2) is 88.7 Å². The van der Waals surface area contributed by atoms with Gasteiger partial charge < -0.3 is 5.32 Å². The van der Waals surface area contributed by atoms with Crippen molar-refractivity contribution in [2.24, 2.45) is 0 Å². The number of para-hydroxylation sites is 1. The second kappa shape index (κ2) is 7.01. The third kappa shape index (κ3) is 3.92. The second-order valence-electron chi connectivity index (χ2n) is 5.09. The summed E-state index contributed by atoms with van der Waals surface area (Å²) in [6.45, 7) is 0. The molecule has 0 radical (unpaired) electrons. The first-order valence-corrected chi connectivity index (χ1v) is 8.11. The van der Waals surface area contributed by atoms with Crippen LogP contribution < -0.4 is 5.32 Å². The van der Waals surface area contributed by atoms with Gasteiger partial charge in [0.15, 0.2) is 0 Å². The van der Waals surface area contributed by atoms with Gasteiger partial charge in [-0.3, -0.25) is 0 Å². The van der Waals surface area contributed by atoms with E-state index in [9.17, 15) is 13.2 Å². The monoisotopic (exact) mass is 345 g/mol. The molecule has 0 fully saturated rings. The van der Waals surface area contributed by atoms with Crippen LogP contribution in [0, 0.1) is 0 Å². The summed E-state index contributed by atoms with van der Waals surface area (Å²) in [5, 5.41) is 3.03. The Kier molecular flexibility index (Phi) is 4.81. The van der Waals surface area contributed by atoms with Crippen molar-refractivity contribution in [2.75, 3.05) is 5.32 Å². The lowest BCUT2D eigenvalue weighted by Gasteiger charge is -2.21. The highest BCUT2D eigenvalue weighted by Crippen LogP contribution is 2.45. The SMILES string of the molecule is FC(F)(F)c1ccc2c(c1)Nc1ccccc1S2.c1ccccc1. The van der Waals surface area contributed by atoms with Crippen molar-refractivity contribution in [2.45, 2.75) is 16.0 Å². The van der Waals surface area contributed by atoms with Crippen LogP contribution in [-0.2, 0) is 6.18 Å². The van der Waals surface area contributed by atoms with Crippen LogP contribution in [0.2, 0.25) is 0 Å². The van der Waals surface area contributed by atoms with Crippen LogP contribution in [-0.4, -0.2) is 0 Å². The lowest BCUT2D eigenvalue weighted by Crippen LogP contribution is -2.07. The van der Waals surface area contributed by atoms with Gasteiger partial charge in [-0.1, -0.05) is 60.3 Å². The lowest BCUT2D eigenvalue weighted by atomic mass is 10.2. The maximum absolute atomic E-state index is 12.6. The molecule has 0 aromatic heterocycles. The Morgan fingerprint density at radius 2 is 1.25 bits per heavy atom. The molecule has 122 valence electrons. The Bertz CT molecular complexity index is 790. The quantitative estimate of drug-likeness (QED) is 0.385. The number of anilines is 2. The lowest BCUT2D eigenvalue weighted by molar-refractivity contribution is -0.137. The summed E-state index contributed by atoms with van der Waals surface area (Å²) in [5.41, 5.74) is 0.719. The molecule has 0 saturated heterocycles. The Labute approximate surface area is 142 Å². The average Bonchev–Trinajstić information content (AvgIpc) is 2.60. The predicted molar refractivity (Wildman–Crippen MR) is 91.7 cm³/mol. The highest BCUT2D eigenvalue weighted by molar-refractivity contribution is 7.99. The molecule has 0 saturated carbocycles. The summed E-state index contributed by atoms with van der Waals surface area (Å²) in [4.78, 5) is 1.83. The van der Waals surface area contributed by atoms with Gasteiger partial charge in [-0.05, 0) is 30.3 Å². The third-order valence-corrected chi connectivity index (χ3v) is 4.50. The fraction of sp³-hybridized carbons (Fsp3) is 0.0526. The minimum atomic E-state index is -4.31. The molecular formula is C19H14F3NS. The Hall–Kier alpha value is -2.40. The predicted octanol–water partition coefficient (Wildman–Crippen LogP) is 6.60. The third-order valence-electron chi connectivity index (χ3n) is 3.35. The number of hydrogen-bond acceptors (Lipinski definition) is 2. The van der Waals surface area contributed by atoms with Crippen molar-refractivity contribution in [1.82, 2.24) is 0 Å². The molecule has 1 N–H and O–H groups in total. The molecule has 1 aliphatic heterocycles. The molecule has 1 aliphatic rings. The fourth-order valence-electron chi connectivity index (χ4n) is 2.20. The van der Waals surface area contributed by atoms with Gasteiger partial charge in [0.05, 0.1) is 16.9 Å². The number of alkyl halides is 3. The van der Waals surface area contributed by atoms with Gasteiger partial charge >= 0.3 is 6.18 Å². The van der Waals surface area contributed by atoms with Crippen molar-refractivity contribution in [3.05, 3.63) is 84.4 Å². The van der Waals surface area contributed by atoms with Crippen LogP contribution >= 0.6 is 11.8 Å². The summed E-state index contributed by atoms with van der Waals surface area (Å²) >= 11 is 1.47. The van der Waals surface area contributed by atoms with Crippen molar-refractivity contribution < 1.29 is 13.2 Å². The van der Waals surface area contributed by atoms with Crippen molar-refractivity contribution in [3.8, 4) is 0 Å². The van der Waals surface area contributed by atoms with E-state index < -0.39 is 11.7 Å². The molecule has 3 aromatic rings. The van der Waals surface area contributed by atoms with E-state index in [-0.39, 0.29) is 0 Å². The van der Waals surface area contributed by atoms with Crippen LogP contribution in [0.5, 0.6) is 0 Å². The van der Waals surface area contributed by atoms with E-state index in [1.54, 1.807) is 0 Å². The maximum atomic E-state index is 12.6. The highest BCUT2D eigenvalue weighted by Gasteiger charge is 2.31.